The van der Waals surface area contributed by atoms with Gasteiger partial charge in [0.05, 0.1) is 25.2 Å². The zero-order valence-corrected chi connectivity index (χ0v) is 45.9. The van der Waals surface area contributed by atoms with Gasteiger partial charge in [-0.1, -0.05) is 266 Å². The summed E-state index contributed by atoms with van der Waals surface area (Å²) in [6.07, 6.45) is 76.4. The van der Waals surface area contributed by atoms with E-state index < -0.39 is 18.2 Å². The highest BCUT2D eigenvalue weighted by atomic mass is 16.5. The van der Waals surface area contributed by atoms with Crippen LogP contribution < -0.4 is 5.32 Å². The van der Waals surface area contributed by atoms with Crippen molar-refractivity contribution in [3.63, 3.8) is 0 Å². The van der Waals surface area contributed by atoms with Crippen molar-refractivity contribution in [2.75, 3.05) is 6.61 Å². The Balaban J connectivity index is 4.72. The summed E-state index contributed by atoms with van der Waals surface area (Å²) in [6, 6.07) is -0.751. The molecular formula is C64H111NO5. The molecule has 0 aliphatic rings. The number of unbranched alkanes of at least 4 members (excludes halogenated alkanes) is 26. The molecule has 0 saturated carbocycles. The van der Waals surface area contributed by atoms with Gasteiger partial charge in [-0.05, 0) is 89.5 Å². The molecule has 6 heteroatoms. The van der Waals surface area contributed by atoms with Gasteiger partial charge in [-0.2, -0.15) is 0 Å². The zero-order chi connectivity index (χ0) is 50.9. The molecule has 1 amide bonds. The topological polar surface area (TPSA) is 95.9 Å². The fourth-order valence-electron chi connectivity index (χ4n) is 8.46. The van der Waals surface area contributed by atoms with Gasteiger partial charge in [0.25, 0.3) is 0 Å². The largest absolute Gasteiger partial charge is 0.458 e. The summed E-state index contributed by atoms with van der Waals surface area (Å²) in [6.45, 7) is 6.33. The third-order valence-electron chi connectivity index (χ3n) is 12.9. The number of aliphatic hydroxyl groups excluding tert-OH is 2. The standard InChI is InChI=1S/C64H111NO5/c1-4-7-10-13-16-19-22-25-28-31-34-37-40-43-46-49-52-55-60(70-64(69)57-54-51-48-45-42-39-36-33-30-27-24-21-18-15-12-9-6-3)58-63(68)65-61(59-66)62(67)56-53-50-47-44-41-38-35-32-29-26-23-20-17-14-11-8-5-2/h7,10,16,18-19,21,25,27-28,30,34,37,43,46,52,55,60-62,66-67H,4-6,8-9,11-15,17,20,22-24,26,29,31-33,35-36,38-42,44-45,47-51,53-54,56-59H2,1-3H3,(H,65,68)/b10-7-,19-16-,21-18-,28-25-,30-27-,37-34-,46-43-,55-52-. The van der Waals surface area contributed by atoms with E-state index >= 15 is 0 Å². The molecule has 0 aliphatic carbocycles. The molecule has 0 aromatic carbocycles. The number of nitrogens with one attached hydrogen (secondary N) is 1. The molecule has 0 bridgehead atoms. The molecule has 6 nitrogen and oxygen atoms in total. The van der Waals surface area contributed by atoms with Gasteiger partial charge in [-0.15, -0.1) is 0 Å². The van der Waals surface area contributed by atoms with Crippen molar-refractivity contribution >= 4 is 11.9 Å². The molecule has 3 N–H and O–H groups in total. The summed E-state index contributed by atoms with van der Waals surface area (Å²) in [4.78, 5) is 26.2. The molecule has 3 unspecified atom stereocenters. The summed E-state index contributed by atoms with van der Waals surface area (Å²) >= 11 is 0. The van der Waals surface area contributed by atoms with Crippen LogP contribution in [-0.4, -0.2) is 46.9 Å². The Hall–Kier alpha value is -3.22. The van der Waals surface area contributed by atoms with E-state index in [1.54, 1.807) is 6.08 Å². The summed E-state index contributed by atoms with van der Waals surface area (Å²) in [5.41, 5.74) is 0. The van der Waals surface area contributed by atoms with Crippen molar-refractivity contribution in [2.45, 2.75) is 289 Å². The van der Waals surface area contributed by atoms with Crippen LogP contribution in [0, 0.1) is 0 Å². The molecule has 402 valence electrons. The minimum atomic E-state index is -0.827. The highest BCUT2D eigenvalue weighted by molar-refractivity contribution is 5.78. The molecule has 0 radical (unpaired) electrons. The molecule has 0 spiro atoms. The van der Waals surface area contributed by atoms with Crippen LogP contribution in [0.15, 0.2) is 97.2 Å². The van der Waals surface area contributed by atoms with Gasteiger partial charge in [0.15, 0.2) is 0 Å². The van der Waals surface area contributed by atoms with Crippen LogP contribution in [-0.2, 0) is 14.3 Å². The minimum Gasteiger partial charge on any atom is -0.458 e. The van der Waals surface area contributed by atoms with Crippen LogP contribution in [0.1, 0.15) is 271 Å². The first-order valence-corrected chi connectivity index (χ1v) is 29.5. The van der Waals surface area contributed by atoms with Gasteiger partial charge >= 0.3 is 5.97 Å². The van der Waals surface area contributed by atoms with Crippen molar-refractivity contribution in [3.05, 3.63) is 97.2 Å². The van der Waals surface area contributed by atoms with Crippen LogP contribution in [0.3, 0.4) is 0 Å². The van der Waals surface area contributed by atoms with Crippen molar-refractivity contribution in [1.29, 1.82) is 0 Å². The predicted octanol–water partition coefficient (Wildman–Crippen LogP) is 18.5. The Labute approximate surface area is 433 Å². The lowest BCUT2D eigenvalue weighted by Crippen LogP contribution is -2.46. The number of amides is 1. The van der Waals surface area contributed by atoms with E-state index in [0.29, 0.717) is 19.3 Å². The number of ether oxygens (including phenoxy) is 1. The van der Waals surface area contributed by atoms with Crippen LogP contribution in [0.5, 0.6) is 0 Å². The Morgan fingerprint density at radius 1 is 0.443 bits per heavy atom. The van der Waals surface area contributed by atoms with Crippen molar-refractivity contribution in [2.24, 2.45) is 0 Å². The van der Waals surface area contributed by atoms with Crippen molar-refractivity contribution in [3.8, 4) is 0 Å². The molecular weight excluding hydrogens is 863 g/mol. The van der Waals surface area contributed by atoms with Crippen molar-refractivity contribution < 1.29 is 24.5 Å². The Morgan fingerprint density at radius 3 is 1.24 bits per heavy atom. The lowest BCUT2D eigenvalue weighted by Gasteiger charge is -2.23. The molecule has 0 heterocycles. The third-order valence-corrected chi connectivity index (χ3v) is 12.9. The summed E-state index contributed by atoms with van der Waals surface area (Å²) in [5, 5.41) is 23.9. The Morgan fingerprint density at radius 2 is 0.800 bits per heavy atom. The molecule has 0 fully saturated rings. The summed E-state index contributed by atoms with van der Waals surface area (Å²) in [7, 11) is 0. The first-order chi connectivity index (χ1) is 34.5. The first kappa shape index (κ1) is 66.8. The number of hydrogen-bond donors (Lipinski definition) is 3. The summed E-state index contributed by atoms with van der Waals surface area (Å²) < 4.78 is 5.85. The average Bonchev–Trinajstić information content (AvgIpc) is 3.35. The number of aliphatic hydroxyl groups is 2. The second-order valence-corrected chi connectivity index (χ2v) is 19.7. The van der Waals surface area contributed by atoms with Gasteiger partial charge < -0.3 is 20.3 Å². The number of allylic oxidation sites excluding steroid dienone is 15. The number of carbonyl (C=O) groups is 2. The predicted molar refractivity (Wildman–Crippen MR) is 305 cm³/mol. The molecule has 0 rings (SSSR count). The smallest absolute Gasteiger partial charge is 0.306 e. The van der Waals surface area contributed by atoms with Crippen LogP contribution in [0.2, 0.25) is 0 Å². The van der Waals surface area contributed by atoms with E-state index in [2.05, 4.69) is 111 Å². The van der Waals surface area contributed by atoms with Gasteiger partial charge in [-0.25, -0.2) is 0 Å². The number of hydrogen-bond acceptors (Lipinski definition) is 5. The maximum atomic E-state index is 13.3. The van der Waals surface area contributed by atoms with Gasteiger partial charge in [0.1, 0.15) is 6.10 Å². The van der Waals surface area contributed by atoms with Crippen LogP contribution in [0.4, 0.5) is 0 Å². The second-order valence-electron chi connectivity index (χ2n) is 19.7. The normalized spacial score (nSPS) is 13.8. The third kappa shape index (κ3) is 51.1. The first-order valence-electron chi connectivity index (χ1n) is 29.5. The van der Waals surface area contributed by atoms with E-state index in [9.17, 15) is 19.8 Å². The van der Waals surface area contributed by atoms with E-state index in [1.165, 1.54) is 141 Å². The van der Waals surface area contributed by atoms with E-state index in [1.807, 2.05) is 6.08 Å². The molecule has 0 aliphatic heterocycles. The fraction of sp³-hybridized carbons (Fsp3) is 0.719. The second kappa shape index (κ2) is 56.7. The molecule has 3 atom stereocenters. The number of esters is 1. The highest BCUT2D eigenvalue weighted by Crippen LogP contribution is 2.17. The van der Waals surface area contributed by atoms with Gasteiger partial charge in [0, 0.05) is 6.42 Å². The van der Waals surface area contributed by atoms with Crippen LogP contribution in [0.25, 0.3) is 0 Å². The van der Waals surface area contributed by atoms with Gasteiger partial charge in [-0.3, -0.25) is 9.59 Å². The fourth-order valence-corrected chi connectivity index (χ4v) is 8.46. The van der Waals surface area contributed by atoms with Gasteiger partial charge in [0.2, 0.25) is 5.91 Å². The lowest BCUT2D eigenvalue weighted by atomic mass is 10.0. The molecule has 0 saturated heterocycles. The quantitative estimate of drug-likeness (QED) is 0.0321. The maximum absolute atomic E-state index is 13.3. The number of carbonyl (C=O) groups excluding carboxylic acids is 2. The Bertz CT molecular complexity index is 1370. The highest BCUT2D eigenvalue weighted by Gasteiger charge is 2.23. The SMILES string of the molecule is CC/C=C\C/C=C\C/C=C\C/C=C\C/C=C\C/C=C\C(CC(=O)NC(CO)C(O)CCCCCCCCCCCCCCCCCCC)OC(=O)CCCCCCCCC/C=C\C/C=C\CCCCC. The monoisotopic (exact) mass is 974 g/mol. The Kier molecular flexibility index (Phi) is 54.1. The van der Waals surface area contributed by atoms with E-state index in [-0.39, 0.29) is 24.9 Å². The molecule has 0 aromatic heterocycles. The van der Waals surface area contributed by atoms with E-state index in [4.69, 9.17) is 4.74 Å². The lowest BCUT2D eigenvalue weighted by molar-refractivity contribution is -0.148. The zero-order valence-electron chi connectivity index (χ0n) is 45.9. The number of rotatable bonds is 52. The van der Waals surface area contributed by atoms with Crippen LogP contribution >= 0.6 is 0 Å². The maximum Gasteiger partial charge on any atom is 0.306 e. The van der Waals surface area contributed by atoms with Crippen molar-refractivity contribution in [1.82, 2.24) is 5.32 Å². The minimum absolute atomic E-state index is 0.0544. The molecule has 70 heavy (non-hydrogen) atoms. The summed E-state index contributed by atoms with van der Waals surface area (Å²) in [5.74, 6) is -0.638. The van der Waals surface area contributed by atoms with E-state index in [0.717, 1.165) is 83.5 Å². The average molecular weight is 975 g/mol. The molecule has 0 aromatic rings.